The summed E-state index contributed by atoms with van der Waals surface area (Å²) in [6, 6.07) is 15.2. The van der Waals surface area contributed by atoms with Crippen LogP contribution in [-0.4, -0.2) is 51.2 Å². The van der Waals surface area contributed by atoms with Gasteiger partial charge in [0.15, 0.2) is 0 Å². The van der Waals surface area contributed by atoms with Crippen LogP contribution in [0.15, 0.2) is 48.5 Å². The van der Waals surface area contributed by atoms with Crippen molar-refractivity contribution in [3.05, 3.63) is 65.4 Å². The second-order valence-electron chi connectivity index (χ2n) is 7.99. The average Bonchev–Trinajstić information content (AvgIpc) is 3.20. The average molecular weight is 468 g/mol. The minimum atomic E-state index is -0.940. The van der Waals surface area contributed by atoms with Crippen molar-refractivity contribution in [2.24, 2.45) is 0 Å². The van der Waals surface area contributed by atoms with E-state index in [1.54, 1.807) is 12.0 Å². The first-order valence-corrected chi connectivity index (χ1v) is 11.1. The van der Waals surface area contributed by atoms with Crippen LogP contribution in [0.25, 0.3) is 10.9 Å². The number of aromatic amines is 1. The van der Waals surface area contributed by atoms with Gasteiger partial charge in [0.25, 0.3) is 5.91 Å². The molecule has 2 atom stereocenters. The number of hydrogen-bond acceptors (Lipinski definition) is 3. The van der Waals surface area contributed by atoms with Crippen LogP contribution >= 0.6 is 15.9 Å². The molecule has 5 rings (SSSR count). The molecule has 1 N–H and O–H groups in total. The minimum absolute atomic E-state index is 0.143. The molecule has 2 aliphatic heterocycles. The second-order valence-corrected chi connectivity index (χ2v) is 8.78. The molecule has 1 aromatic heterocycles. The van der Waals surface area contributed by atoms with Crippen molar-refractivity contribution in [3.8, 4) is 5.75 Å². The Bertz CT molecular complexity index is 1160. The maximum absolute atomic E-state index is 13.4. The van der Waals surface area contributed by atoms with E-state index in [0.29, 0.717) is 18.3 Å². The van der Waals surface area contributed by atoms with Crippen LogP contribution < -0.4 is 4.74 Å². The van der Waals surface area contributed by atoms with Gasteiger partial charge in [0.2, 0.25) is 0 Å². The number of carbonyl (C=O) groups excluding carboxylic acids is 2. The largest absolute Gasteiger partial charge is 0.497 e. The number of aromatic nitrogens is 1. The molecule has 2 aliphatic rings. The smallest absolute Gasteiger partial charge is 0.328 e. The topological polar surface area (TPSA) is 65.6 Å². The molecule has 1 fully saturated rings. The Labute approximate surface area is 182 Å². The van der Waals surface area contributed by atoms with Crippen LogP contribution in [0.4, 0.5) is 4.79 Å². The van der Waals surface area contributed by atoms with Gasteiger partial charge in [-0.25, -0.2) is 4.79 Å². The second kappa shape index (κ2) is 6.87. The maximum atomic E-state index is 13.4. The molecule has 0 aliphatic carbocycles. The Morgan fingerprint density at radius 3 is 2.67 bits per heavy atom. The van der Waals surface area contributed by atoms with E-state index >= 15 is 0 Å². The summed E-state index contributed by atoms with van der Waals surface area (Å²) in [5.41, 5.74) is 3.04. The molecule has 0 radical (unpaired) electrons. The highest BCUT2D eigenvalue weighted by Crippen LogP contribution is 2.48. The SMILES string of the molecule is COc1ccc2[nH]c3c(c2c1)C[C@@]1(C)C(=O)N(CCBr)C(=O)N1[C@@H]3c1ccccc1. The molecule has 0 bridgehead atoms. The fraction of sp³-hybridized carbons (Fsp3) is 0.304. The van der Waals surface area contributed by atoms with Gasteiger partial charge in [0, 0.05) is 34.9 Å². The fourth-order valence-electron chi connectivity index (χ4n) is 4.88. The van der Waals surface area contributed by atoms with E-state index in [9.17, 15) is 9.59 Å². The molecule has 1 saturated heterocycles. The van der Waals surface area contributed by atoms with Crippen molar-refractivity contribution in [2.45, 2.75) is 24.9 Å². The summed E-state index contributed by atoms with van der Waals surface area (Å²) in [6.07, 6.45) is 0.461. The number of methoxy groups -OCH3 is 1. The number of fused-ring (bicyclic) bond motifs is 4. The summed E-state index contributed by atoms with van der Waals surface area (Å²) in [4.78, 5) is 33.5. The van der Waals surface area contributed by atoms with E-state index in [4.69, 9.17) is 4.74 Å². The van der Waals surface area contributed by atoms with Gasteiger partial charge in [0.05, 0.1) is 7.11 Å². The van der Waals surface area contributed by atoms with Crippen molar-refractivity contribution < 1.29 is 14.3 Å². The minimum Gasteiger partial charge on any atom is -0.497 e. The molecule has 3 aromatic rings. The molecular formula is C23H22BrN3O3. The molecule has 7 heteroatoms. The summed E-state index contributed by atoms with van der Waals surface area (Å²) < 4.78 is 5.43. The van der Waals surface area contributed by atoms with Gasteiger partial charge in [-0.15, -0.1) is 0 Å². The standard InChI is InChI=1S/C23H22BrN3O3/c1-23-13-17-16-12-15(30-2)8-9-18(16)25-19(17)20(14-6-4-3-5-7-14)27(23)22(29)26(11-10-24)21(23)28/h3-9,12,20,25H,10-11,13H2,1-2H3/t20-,23+/m1/s1. The molecular weight excluding hydrogens is 446 g/mol. The summed E-state index contributed by atoms with van der Waals surface area (Å²) in [5.74, 6) is 0.624. The third-order valence-electron chi connectivity index (χ3n) is 6.30. The number of halogens is 1. The quantitative estimate of drug-likeness (QED) is 0.460. The lowest BCUT2D eigenvalue weighted by molar-refractivity contribution is -0.133. The molecule has 0 unspecified atom stereocenters. The van der Waals surface area contributed by atoms with E-state index in [1.807, 2.05) is 55.5 Å². The Kier molecular flexibility index (Phi) is 4.39. The van der Waals surface area contributed by atoms with Crippen molar-refractivity contribution in [2.75, 3.05) is 19.0 Å². The number of urea groups is 1. The maximum Gasteiger partial charge on any atom is 0.328 e. The van der Waals surface area contributed by atoms with Crippen LogP contribution in [0.1, 0.15) is 29.8 Å². The molecule has 30 heavy (non-hydrogen) atoms. The fourth-order valence-corrected chi connectivity index (χ4v) is 5.24. The van der Waals surface area contributed by atoms with Gasteiger partial charge < -0.3 is 9.72 Å². The highest BCUT2D eigenvalue weighted by atomic mass is 79.9. The van der Waals surface area contributed by atoms with Gasteiger partial charge >= 0.3 is 6.03 Å². The van der Waals surface area contributed by atoms with Crippen LogP contribution in [0.3, 0.4) is 0 Å². The van der Waals surface area contributed by atoms with E-state index < -0.39 is 5.54 Å². The van der Waals surface area contributed by atoms with Gasteiger partial charge in [0.1, 0.15) is 17.3 Å². The van der Waals surface area contributed by atoms with Crippen molar-refractivity contribution in [3.63, 3.8) is 0 Å². The first-order valence-electron chi connectivity index (χ1n) is 9.94. The zero-order chi connectivity index (χ0) is 21.0. The Balaban J connectivity index is 1.77. The number of carbonyl (C=O) groups is 2. The summed E-state index contributed by atoms with van der Waals surface area (Å²) in [6.45, 7) is 2.24. The van der Waals surface area contributed by atoms with E-state index in [1.165, 1.54) is 4.90 Å². The zero-order valence-electron chi connectivity index (χ0n) is 16.8. The third-order valence-corrected chi connectivity index (χ3v) is 6.65. The highest BCUT2D eigenvalue weighted by Gasteiger charge is 2.59. The lowest BCUT2D eigenvalue weighted by Gasteiger charge is -2.42. The molecule has 0 spiro atoms. The van der Waals surface area contributed by atoms with Gasteiger partial charge in [-0.2, -0.15) is 0 Å². The van der Waals surface area contributed by atoms with Gasteiger partial charge in [-0.05, 0) is 36.2 Å². The third kappa shape index (κ3) is 2.54. The van der Waals surface area contributed by atoms with Crippen molar-refractivity contribution in [1.29, 1.82) is 0 Å². The molecule has 6 nitrogen and oxygen atoms in total. The number of alkyl halides is 1. The van der Waals surface area contributed by atoms with E-state index in [2.05, 4.69) is 20.9 Å². The molecule has 154 valence electrons. The zero-order valence-corrected chi connectivity index (χ0v) is 18.4. The molecule has 3 amide bonds. The number of amides is 3. The van der Waals surface area contributed by atoms with Crippen LogP contribution in [0.2, 0.25) is 0 Å². The first-order chi connectivity index (χ1) is 14.5. The normalized spacial score (nSPS) is 23.1. The first kappa shape index (κ1) is 19.2. The number of imide groups is 1. The summed E-state index contributed by atoms with van der Waals surface area (Å²) in [7, 11) is 1.65. The monoisotopic (exact) mass is 467 g/mol. The lowest BCUT2D eigenvalue weighted by atomic mass is 9.81. The predicted octanol–water partition coefficient (Wildman–Crippen LogP) is 4.24. The van der Waals surface area contributed by atoms with E-state index in [0.717, 1.165) is 33.5 Å². The number of rotatable bonds is 4. The lowest BCUT2D eigenvalue weighted by Crippen LogP contribution is -2.53. The van der Waals surface area contributed by atoms with Crippen LogP contribution in [0.5, 0.6) is 5.75 Å². The highest BCUT2D eigenvalue weighted by molar-refractivity contribution is 9.09. The number of H-pyrrole nitrogens is 1. The Morgan fingerprint density at radius 2 is 1.97 bits per heavy atom. The van der Waals surface area contributed by atoms with Crippen LogP contribution in [0, 0.1) is 0 Å². The number of nitrogens with one attached hydrogen (secondary N) is 1. The number of hydrogen-bond donors (Lipinski definition) is 1. The molecule has 3 heterocycles. The van der Waals surface area contributed by atoms with Crippen molar-refractivity contribution >= 4 is 38.8 Å². The molecule has 2 aromatic carbocycles. The number of ether oxygens (including phenoxy) is 1. The van der Waals surface area contributed by atoms with Gasteiger partial charge in [-0.1, -0.05) is 46.3 Å². The Morgan fingerprint density at radius 1 is 1.20 bits per heavy atom. The van der Waals surface area contributed by atoms with Crippen LogP contribution in [-0.2, 0) is 11.2 Å². The Hall–Kier alpha value is -2.80. The number of nitrogens with zero attached hydrogens (tertiary/aromatic N) is 2. The van der Waals surface area contributed by atoms with Gasteiger partial charge in [-0.3, -0.25) is 14.6 Å². The van der Waals surface area contributed by atoms with Crippen molar-refractivity contribution in [1.82, 2.24) is 14.8 Å². The van der Waals surface area contributed by atoms with E-state index in [-0.39, 0.29) is 18.0 Å². The predicted molar refractivity (Wildman–Crippen MR) is 118 cm³/mol. The number of benzene rings is 2. The summed E-state index contributed by atoms with van der Waals surface area (Å²) in [5, 5.41) is 1.58. The molecule has 0 saturated carbocycles. The summed E-state index contributed by atoms with van der Waals surface area (Å²) >= 11 is 3.38.